The first kappa shape index (κ1) is 15.5. The van der Waals surface area contributed by atoms with E-state index in [0.29, 0.717) is 13.1 Å². The smallest absolute Gasteiger partial charge is 0.320 e. The normalized spacial score (nSPS) is 9.68. The summed E-state index contributed by atoms with van der Waals surface area (Å²) in [6, 6.07) is 2.07. The van der Waals surface area contributed by atoms with Crippen LogP contribution in [0.15, 0.2) is 11.4 Å². The van der Waals surface area contributed by atoms with Gasteiger partial charge in [0.1, 0.15) is 0 Å². The molecule has 4 nitrogen and oxygen atoms in total. The molecule has 0 saturated carbocycles. The second kappa shape index (κ2) is 7.82. The van der Waals surface area contributed by atoms with Gasteiger partial charge in [0.05, 0.1) is 11.4 Å². The third-order valence-electron chi connectivity index (χ3n) is 2.75. The number of hydrogen-bond acceptors (Lipinski definition) is 3. The maximum absolute atomic E-state index is 12.1. The summed E-state index contributed by atoms with van der Waals surface area (Å²) in [5.41, 5.74) is 6.45. The zero-order valence-electron chi connectivity index (χ0n) is 11.8. The maximum Gasteiger partial charge on any atom is 0.320 e. The van der Waals surface area contributed by atoms with Crippen molar-refractivity contribution in [2.24, 2.45) is 5.73 Å². The van der Waals surface area contributed by atoms with E-state index in [9.17, 15) is 4.79 Å². The third kappa shape index (κ3) is 4.58. The Morgan fingerprint density at radius 1 is 1.42 bits per heavy atom. The second-order valence-corrected chi connectivity index (χ2v) is 5.05. The van der Waals surface area contributed by atoms with Gasteiger partial charge < -0.3 is 15.5 Å². The highest BCUT2D eigenvalue weighted by Crippen LogP contribution is 2.15. The quantitative estimate of drug-likeness (QED) is 0.856. The van der Waals surface area contributed by atoms with Crippen LogP contribution in [0, 0.1) is 11.8 Å². The molecule has 0 aliphatic rings. The molecule has 5 heteroatoms. The van der Waals surface area contributed by atoms with E-state index >= 15 is 0 Å². The van der Waals surface area contributed by atoms with Gasteiger partial charge in [0.2, 0.25) is 0 Å². The Bertz CT molecular complexity index is 469. The van der Waals surface area contributed by atoms with E-state index in [2.05, 4.69) is 11.8 Å². The summed E-state index contributed by atoms with van der Waals surface area (Å²) < 4.78 is 0. The summed E-state index contributed by atoms with van der Waals surface area (Å²) in [5.74, 6) is 5.83. The van der Waals surface area contributed by atoms with Gasteiger partial charge in [-0.15, -0.1) is 11.3 Å². The fourth-order valence-corrected chi connectivity index (χ4v) is 2.51. The summed E-state index contributed by atoms with van der Waals surface area (Å²) in [4.78, 5) is 16.6. The molecule has 19 heavy (non-hydrogen) atoms. The Hall–Kier alpha value is -1.51. The van der Waals surface area contributed by atoms with Crippen molar-refractivity contribution in [3.05, 3.63) is 21.9 Å². The van der Waals surface area contributed by atoms with Crippen molar-refractivity contribution in [3.63, 3.8) is 0 Å². The first-order chi connectivity index (χ1) is 9.12. The largest absolute Gasteiger partial charge is 0.325 e. The van der Waals surface area contributed by atoms with Crippen LogP contribution in [0.1, 0.15) is 24.3 Å². The van der Waals surface area contributed by atoms with Crippen LogP contribution in [0.3, 0.4) is 0 Å². The summed E-state index contributed by atoms with van der Waals surface area (Å²) in [5, 5.41) is 2.03. The lowest BCUT2D eigenvalue weighted by Crippen LogP contribution is -2.40. The lowest BCUT2D eigenvalue weighted by molar-refractivity contribution is 0.165. The first-order valence-corrected chi connectivity index (χ1v) is 7.26. The molecule has 2 amide bonds. The van der Waals surface area contributed by atoms with Crippen molar-refractivity contribution < 1.29 is 4.79 Å². The molecule has 1 rings (SSSR count). The number of urea groups is 1. The molecule has 0 spiro atoms. The summed E-state index contributed by atoms with van der Waals surface area (Å²) in [6.45, 7) is 6.41. The number of carbonyl (C=O) groups is 1. The van der Waals surface area contributed by atoms with E-state index in [1.165, 1.54) is 0 Å². The standard InChI is InChI=1S/C14H21N3OS/c1-4-17(5-2)14(18)16(3)10-12-9-13(19-11-12)7-6-8-15/h9,11H,4-5,8,10,15H2,1-3H3. The van der Waals surface area contributed by atoms with Crippen molar-refractivity contribution in [1.82, 2.24) is 9.80 Å². The van der Waals surface area contributed by atoms with Gasteiger partial charge in [-0.25, -0.2) is 4.79 Å². The Morgan fingerprint density at radius 2 is 2.11 bits per heavy atom. The Balaban J connectivity index is 2.63. The van der Waals surface area contributed by atoms with Crippen LogP contribution in [-0.2, 0) is 6.54 Å². The number of nitrogens with two attached hydrogens (primary N) is 1. The minimum Gasteiger partial charge on any atom is -0.325 e. The summed E-state index contributed by atoms with van der Waals surface area (Å²) >= 11 is 1.58. The van der Waals surface area contributed by atoms with Crippen LogP contribution in [-0.4, -0.2) is 42.5 Å². The van der Waals surface area contributed by atoms with E-state index in [0.717, 1.165) is 23.5 Å². The zero-order valence-corrected chi connectivity index (χ0v) is 12.6. The average Bonchev–Trinajstić information content (AvgIpc) is 2.85. The molecule has 0 saturated heterocycles. The van der Waals surface area contributed by atoms with Gasteiger partial charge in [-0.05, 0) is 30.9 Å². The number of carbonyl (C=O) groups excluding carboxylic acids is 1. The SMILES string of the molecule is CCN(CC)C(=O)N(C)Cc1csc(C#CCN)c1. The number of rotatable bonds is 4. The van der Waals surface area contributed by atoms with Gasteiger partial charge in [-0.2, -0.15) is 0 Å². The lowest BCUT2D eigenvalue weighted by atomic mass is 10.3. The zero-order chi connectivity index (χ0) is 14.3. The Labute approximate surface area is 119 Å². The predicted molar refractivity (Wildman–Crippen MR) is 80.0 cm³/mol. The molecular weight excluding hydrogens is 258 g/mol. The highest BCUT2D eigenvalue weighted by molar-refractivity contribution is 7.10. The van der Waals surface area contributed by atoms with Gasteiger partial charge in [-0.3, -0.25) is 0 Å². The van der Waals surface area contributed by atoms with Crippen LogP contribution in [0.5, 0.6) is 0 Å². The van der Waals surface area contributed by atoms with Crippen LogP contribution in [0.25, 0.3) is 0 Å². The number of hydrogen-bond donors (Lipinski definition) is 1. The molecule has 0 bridgehead atoms. The molecule has 1 aromatic rings. The average molecular weight is 279 g/mol. The molecule has 0 atom stereocenters. The van der Waals surface area contributed by atoms with E-state index in [1.54, 1.807) is 16.2 Å². The number of amides is 2. The molecular formula is C14H21N3OS. The van der Waals surface area contributed by atoms with Crippen LogP contribution < -0.4 is 5.73 Å². The van der Waals surface area contributed by atoms with Gasteiger partial charge in [0, 0.05) is 26.7 Å². The number of nitrogens with zero attached hydrogens (tertiary/aromatic N) is 2. The first-order valence-electron chi connectivity index (χ1n) is 6.38. The molecule has 0 aliphatic carbocycles. The lowest BCUT2D eigenvalue weighted by Gasteiger charge is -2.25. The molecule has 0 unspecified atom stereocenters. The highest BCUT2D eigenvalue weighted by Gasteiger charge is 2.15. The monoisotopic (exact) mass is 279 g/mol. The van der Waals surface area contributed by atoms with Gasteiger partial charge in [-0.1, -0.05) is 11.8 Å². The molecule has 0 aromatic carbocycles. The summed E-state index contributed by atoms with van der Waals surface area (Å²) in [7, 11) is 1.82. The van der Waals surface area contributed by atoms with Gasteiger partial charge >= 0.3 is 6.03 Å². The number of thiophene rings is 1. The fourth-order valence-electron chi connectivity index (χ4n) is 1.74. The molecule has 104 valence electrons. The van der Waals surface area contributed by atoms with Crippen molar-refractivity contribution in [1.29, 1.82) is 0 Å². The predicted octanol–water partition coefficient (Wildman–Crippen LogP) is 1.95. The van der Waals surface area contributed by atoms with Crippen molar-refractivity contribution in [2.75, 3.05) is 26.7 Å². The molecule has 2 N–H and O–H groups in total. The van der Waals surface area contributed by atoms with E-state index in [4.69, 9.17) is 5.73 Å². The van der Waals surface area contributed by atoms with Crippen molar-refractivity contribution >= 4 is 17.4 Å². The van der Waals surface area contributed by atoms with Crippen LogP contribution in [0.2, 0.25) is 0 Å². The van der Waals surface area contributed by atoms with E-state index in [-0.39, 0.29) is 6.03 Å². The fraction of sp³-hybridized carbons (Fsp3) is 0.500. The molecule has 1 heterocycles. The molecule has 0 radical (unpaired) electrons. The van der Waals surface area contributed by atoms with Crippen LogP contribution in [0.4, 0.5) is 4.79 Å². The van der Waals surface area contributed by atoms with Crippen molar-refractivity contribution in [3.8, 4) is 11.8 Å². The molecule has 1 aromatic heterocycles. The summed E-state index contributed by atoms with van der Waals surface area (Å²) in [6.07, 6.45) is 0. The minimum atomic E-state index is 0.0609. The molecule has 0 fully saturated rings. The van der Waals surface area contributed by atoms with E-state index in [1.807, 2.05) is 37.2 Å². The highest BCUT2D eigenvalue weighted by atomic mass is 32.1. The van der Waals surface area contributed by atoms with E-state index < -0.39 is 0 Å². The topological polar surface area (TPSA) is 49.6 Å². The van der Waals surface area contributed by atoms with Crippen LogP contribution >= 0.6 is 11.3 Å². The Kier molecular flexibility index (Phi) is 6.40. The van der Waals surface area contributed by atoms with Gasteiger partial charge in [0.25, 0.3) is 0 Å². The minimum absolute atomic E-state index is 0.0609. The third-order valence-corrected chi connectivity index (χ3v) is 3.64. The van der Waals surface area contributed by atoms with Gasteiger partial charge in [0.15, 0.2) is 0 Å². The molecule has 0 aliphatic heterocycles. The van der Waals surface area contributed by atoms with Crippen molar-refractivity contribution in [2.45, 2.75) is 20.4 Å². The second-order valence-electron chi connectivity index (χ2n) is 4.14. The maximum atomic E-state index is 12.1. The Morgan fingerprint density at radius 3 is 2.68 bits per heavy atom.